The Kier molecular flexibility index (Phi) is 7.24. The number of hydrogen-bond donors (Lipinski definition) is 1. The summed E-state index contributed by atoms with van der Waals surface area (Å²) in [6, 6.07) is 15.4. The van der Waals surface area contributed by atoms with Gasteiger partial charge in [-0.15, -0.1) is 23.5 Å². The van der Waals surface area contributed by atoms with Gasteiger partial charge < -0.3 is 9.84 Å². The van der Waals surface area contributed by atoms with E-state index in [1.54, 1.807) is 36.3 Å². The monoisotopic (exact) mass is 462 g/mol. The molecule has 0 spiro atoms. The number of anilines is 1. The standard InChI is InChI=1S/C24H22N4O2S2/c1-16-22(17(2)30-28-16)15-32-24-21(6-4-12-26-24)23(29)27-19-7-9-20(10-8-19)31-14-18-5-3-11-25-13-18/h3-13H,14-15H2,1-2H3,(H,27,29). The van der Waals surface area contributed by atoms with Crippen LogP contribution in [0.5, 0.6) is 0 Å². The lowest BCUT2D eigenvalue weighted by atomic mass is 10.2. The van der Waals surface area contributed by atoms with Crippen molar-refractivity contribution < 1.29 is 9.32 Å². The Bertz CT molecular complexity index is 1170. The summed E-state index contributed by atoms with van der Waals surface area (Å²) in [7, 11) is 0. The second-order valence-corrected chi connectivity index (χ2v) is 9.09. The van der Waals surface area contributed by atoms with Crippen LogP contribution in [-0.2, 0) is 11.5 Å². The number of amides is 1. The molecule has 0 saturated heterocycles. The highest BCUT2D eigenvalue weighted by molar-refractivity contribution is 7.98. The minimum absolute atomic E-state index is 0.185. The molecule has 0 aliphatic heterocycles. The molecule has 3 heterocycles. The fraction of sp³-hybridized carbons (Fsp3) is 0.167. The molecule has 0 fully saturated rings. The van der Waals surface area contributed by atoms with Crippen molar-refractivity contribution in [2.45, 2.75) is 35.3 Å². The van der Waals surface area contributed by atoms with E-state index in [2.05, 4.69) is 26.5 Å². The van der Waals surface area contributed by atoms with Gasteiger partial charge in [0.1, 0.15) is 10.8 Å². The molecule has 0 unspecified atom stereocenters. The Labute approximate surface area is 195 Å². The molecule has 32 heavy (non-hydrogen) atoms. The molecular formula is C24H22N4O2S2. The molecule has 162 valence electrons. The molecule has 4 rings (SSSR count). The van der Waals surface area contributed by atoms with Gasteiger partial charge in [-0.1, -0.05) is 11.2 Å². The van der Waals surface area contributed by atoms with Crippen molar-refractivity contribution in [2.24, 2.45) is 0 Å². The Morgan fingerprint density at radius 2 is 1.81 bits per heavy atom. The lowest BCUT2D eigenvalue weighted by molar-refractivity contribution is 0.102. The Balaban J connectivity index is 1.38. The number of rotatable bonds is 8. The van der Waals surface area contributed by atoms with E-state index in [1.165, 1.54) is 17.3 Å². The number of benzene rings is 1. The minimum atomic E-state index is -0.185. The van der Waals surface area contributed by atoms with Crippen molar-refractivity contribution in [3.8, 4) is 0 Å². The molecule has 1 N–H and O–H groups in total. The van der Waals surface area contributed by atoms with Gasteiger partial charge in [-0.3, -0.25) is 9.78 Å². The second kappa shape index (κ2) is 10.5. The molecule has 4 aromatic rings. The van der Waals surface area contributed by atoms with Crippen molar-refractivity contribution >= 4 is 35.1 Å². The predicted octanol–water partition coefficient (Wildman–Crippen LogP) is 5.92. The predicted molar refractivity (Wildman–Crippen MR) is 128 cm³/mol. The summed E-state index contributed by atoms with van der Waals surface area (Å²) in [6.45, 7) is 3.80. The van der Waals surface area contributed by atoms with Gasteiger partial charge in [0.2, 0.25) is 0 Å². The van der Waals surface area contributed by atoms with E-state index in [0.29, 0.717) is 16.3 Å². The summed E-state index contributed by atoms with van der Waals surface area (Å²) in [4.78, 5) is 22.6. The van der Waals surface area contributed by atoms with Crippen LogP contribution in [0.1, 0.15) is 32.9 Å². The lowest BCUT2D eigenvalue weighted by Gasteiger charge is -2.10. The third kappa shape index (κ3) is 5.57. The molecule has 0 aliphatic rings. The third-order valence-electron chi connectivity index (χ3n) is 4.79. The molecule has 6 nitrogen and oxygen atoms in total. The van der Waals surface area contributed by atoms with Crippen LogP contribution in [0.2, 0.25) is 0 Å². The number of nitrogens with zero attached hydrogens (tertiary/aromatic N) is 3. The van der Waals surface area contributed by atoms with Gasteiger partial charge in [0.25, 0.3) is 5.91 Å². The van der Waals surface area contributed by atoms with Crippen LogP contribution in [0.4, 0.5) is 5.69 Å². The topological polar surface area (TPSA) is 80.9 Å². The number of carbonyl (C=O) groups is 1. The zero-order valence-electron chi connectivity index (χ0n) is 17.7. The summed E-state index contributed by atoms with van der Waals surface area (Å²) >= 11 is 3.23. The summed E-state index contributed by atoms with van der Waals surface area (Å²) < 4.78 is 5.22. The fourth-order valence-corrected chi connectivity index (χ4v) is 4.99. The lowest BCUT2D eigenvalue weighted by Crippen LogP contribution is -2.13. The Morgan fingerprint density at radius 3 is 2.53 bits per heavy atom. The number of hydrogen-bond acceptors (Lipinski definition) is 7. The van der Waals surface area contributed by atoms with Gasteiger partial charge in [0, 0.05) is 46.2 Å². The molecule has 1 amide bonds. The summed E-state index contributed by atoms with van der Waals surface area (Å²) in [5.74, 6) is 2.09. The van der Waals surface area contributed by atoms with Gasteiger partial charge >= 0.3 is 0 Å². The number of carbonyl (C=O) groups excluding carboxylic acids is 1. The maximum Gasteiger partial charge on any atom is 0.258 e. The first kappa shape index (κ1) is 22.1. The Morgan fingerprint density at radius 1 is 1.00 bits per heavy atom. The molecule has 0 saturated carbocycles. The molecule has 8 heteroatoms. The van der Waals surface area contributed by atoms with Gasteiger partial charge in [-0.2, -0.15) is 0 Å². The van der Waals surface area contributed by atoms with Crippen molar-refractivity contribution in [1.29, 1.82) is 0 Å². The smallest absolute Gasteiger partial charge is 0.258 e. The largest absolute Gasteiger partial charge is 0.361 e. The van der Waals surface area contributed by atoms with E-state index in [1.807, 2.05) is 50.4 Å². The molecule has 0 atom stereocenters. The fourth-order valence-electron chi connectivity index (χ4n) is 3.01. The third-order valence-corrected chi connectivity index (χ3v) is 6.91. The van der Waals surface area contributed by atoms with Crippen LogP contribution in [0, 0.1) is 13.8 Å². The normalized spacial score (nSPS) is 10.8. The van der Waals surface area contributed by atoms with E-state index in [0.717, 1.165) is 33.4 Å². The van der Waals surface area contributed by atoms with E-state index in [9.17, 15) is 4.79 Å². The van der Waals surface area contributed by atoms with E-state index in [4.69, 9.17) is 4.52 Å². The number of pyridine rings is 2. The quantitative estimate of drug-likeness (QED) is 0.326. The highest BCUT2D eigenvalue weighted by atomic mass is 32.2. The van der Waals surface area contributed by atoms with Crippen LogP contribution >= 0.6 is 23.5 Å². The SMILES string of the molecule is Cc1noc(C)c1CSc1ncccc1C(=O)Nc1ccc(SCc2cccnc2)cc1. The van der Waals surface area contributed by atoms with E-state index < -0.39 is 0 Å². The van der Waals surface area contributed by atoms with Crippen molar-refractivity contribution in [2.75, 3.05) is 5.32 Å². The molecule has 0 aliphatic carbocycles. The van der Waals surface area contributed by atoms with Crippen molar-refractivity contribution in [3.63, 3.8) is 0 Å². The number of thioether (sulfide) groups is 2. The van der Waals surface area contributed by atoms with Gasteiger partial charge in [0.15, 0.2) is 0 Å². The molecule has 0 bridgehead atoms. The first-order valence-electron chi connectivity index (χ1n) is 10.0. The van der Waals surface area contributed by atoms with Crippen LogP contribution in [0.3, 0.4) is 0 Å². The maximum atomic E-state index is 12.9. The number of aromatic nitrogens is 3. The van der Waals surface area contributed by atoms with Crippen LogP contribution in [0.15, 0.2) is 81.6 Å². The summed E-state index contributed by atoms with van der Waals surface area (Å²) in [6.07, 6.45) is 5.34. The number of aryl methyl sites for hydroxylation is 2. The van der Waals surface area contributed by atoms with E-state index in [-0.39, 0.29) is 5.91 Å². The van der Waals surface area contributed by atoms with Crippen LogP contribution < -0.4 is 5.32 Å². The summed E-state index contributed by atoms with van der Waals surface area (Å²) in [5, 5.41) is 7.63. The summed E-state index contributed by atoms with van der Waals surface area (Å²) in [5.41, 5.74) is 4.35. The molecular weight excluding hydrogens is 440 g/mol. The van der Waals surface area contributed by atoms with Crippen LogP contribution in [-0.4, -0.2) is 21.0 Å². The highest BCUT2D eigenvalue weighted by Crippen LogP contribution is 2.28. The zero-order chi connectivity index (χ0) is 22.3. The van der Waals surface area contributed by atoms with E-state index >= 15 is 0 Å². The minimum Gasteiger partial charge on any atom is -0.361 e. The molecule has 1 aromatic carbocycles. The van der Waals surface area contributed by atoms with Crippen molar-refractivity contribution in [1.82, 2.24) is 15.1 Å². The first-order valence-corrected chi connectivity index (χ1v) is 12.0. The van der Waals surface area contributed by atoms with Gasteiger partial charge in [0.05, 0.1) is 11.3 Å². The van der Waals surface area contributed by atoms with Gasteiger partial charge in [-0.25, -0.2) is 4.98 Å². The second-order valence-electron chi connectivity index (χ2n) is 7.08. The zero-order valence-corrected chi connectivity index (χ0v) is 19.4. The molecule has 3 aromatic heterocycles. The Hall–Kier alpha value is -3.10. The maximum absolute atomic E-state index is 12.9. The average molecular weight is 463 g/mol. The van der Waals surface area contributed by atoms with Gasteiger partial charge in [-0.05, 0) is 61.9 Å². The van der Waals surface area contributed by atoms with Crippen molar-refractivity contribution in [3.05, 3.63) is 95.3 Å². The highest BCUT2D eigenvalue weighted by Gasteiger charge is 2.16. The average Bonchev–Trinajstić information content (AvgIpc) is 3.15. The number of nitrogens with one attached hydrogen (secondary N) is 1. The van der Waals surface area contributed by atoms with Crippen LogP contribution in [0.25, 0.3) is 0 Å². The molecule has 0 radical (unpaired) electrons. The first-order chi connectivity index (χ1) is 15.6.